The molecule has 92 valence electrons. The fourth-order valence-corrected chi connectivity index (χ4v) is 1.53. The Hall–Kier alpha value is -2.33. The van der Waals surface area contributed by atoms with Crippen molar-refractivity contribution in [2.24, 2.45) is 5.73 Å². The number of rotatable bonds is 3. The number of benzene rings is 2. The molecule has 0 radical (unpaired) electrons. The molecule has 0 heterocycles. The summed E-state index contributed by atoms with van der Waals surface area (Å²) >= 11 is 0. The normalized spacial score (nSPS) is 10.1. The Morgan fingerprint density at radius 3 is 2.50 bits per heavy atom. The van der Waals surface area contributed by atoms with Crippen LogP contribution >= 0.6 is 0 Å². The summed E-state index contributed by atoms with van der Waals surface area (Å²) in [7, 11) is 0. The summed E-state index contributed by atoms with van der Waals surface area (Å²) < 4.78 is 5.12. The van der Waals surface area contributed by atoms with E-state index in [2.05, 4.69) is 0 Å². The van der Waals surface area contributed by atoms with E-state index >= 15 is 0 Å². The van der Waals surface area contributed by atoms with Crippen molar-refractivity contribution in [1.82, 2.24) is 0 Å². The average Bonchev–Trinajstić information content (AvgIpc) is 2.39. The molecule has 0 unspecified atom stereocenters. The monoisotopic (exact) mass is 243 g/mol. The molecule has 2 aromatic rings. The molecule has 3 N–H and O–H groups in total. The van der Waals surface area contributed by atoms with Crippen molar-refractivity contribution >= 4 is 5.97 Å². The van der Waals surface area contributed by atoms with Crippen LogP contribution < -0.4 is 10.5 Å². The molecule has 0 aliphatic heterocycles. The van der Waals surface area contributed by atoms with E-state index in [0.717, 1.165) is 5.56 Å². The molecule has 4 heteroatoms. The second kappa shape index (κ2) is 5.33. The molecule has 0 atom stereocenters. The van der Waals surface area contributed by atoms with Gasteiger partial charge >= 0.3 is 5.97 Å². The number of hydrogen-bond acceptors (Lipinski definition) is 4. The Morgan fingerprint density at radius 2 is 1.89 bits per heavy atom. The zero-order chi connectivity index (χ0) is 13.0. The zero-order valence-electron chi connectivity index (χ0n) is 9.67. The number of para-hydroxylation sites is 1. The van der Waals surface area contributed by atoms with Gasteiger partial charge in [0.15, 0.2) is 0 Å². The third kappa shape index (κ3) is 2.67. The van der Waals surface area contributed by atoms with E-state index in [1.54, 1.807) is 30.3 Å². The quantitative estimate of drug-likeness (QED) is 0.639. The molecule has 0 aliphatic carbocycles. The minimum atomic E-state index is -0.595. The van der Waals surface area contributed by atoms with Crippen LogP contribution in [0.5, 0.6) is 11.5 Å². The van der Waals surface area contributed by atoms with Crippen LogP contribution in [0.1, 0.15) is 15.9 Å². The second-order valence-electron chi connectivity index (χ2n) is 3.76. The van der Waals surface area contributed by atoms with E-state index in [0.29, 0.717) is 12.3 Å². The number of carbonyl (C=O) groups excluding carboxylic acids is 1. The van der Waals surface area contributed by atoms with Gasteiger partial charge in [-0.1, -0.05) is 24.3 Å². The van der Waals surface area contributed by atoms with Crippen molar-refractivity contribution in [2.45, 2.75) is 6.54 Å². The van der Waals surface area contributed by atoms with Crippen LogP contribution in [0, 0.1) is 0 Å². The second-order valence-corrected chi connectivity index (χ2v) is 3.76. The molecule has 0 spiro atoms. The maximum absolute atomic E-state index is 11.8. The van der Waals surface area contributed by atoms with E-state index in [4.69, 9.17) is 10.5 Å². The van der Waals surface area contributed by atoms with Crippen molar-refractivity contribution in [3.63, 3.8) is 0 Å². The van der Waals surface area contributed by atoms with Gasteiger partial charge in [-0.2, -0.15) is 0 Å². The van der Waals surface area contributed by atoms with E-state index in [1.807, 2.05) is 6.07 Å². The molecule has 0 aliphatic rings. The molecule has 2 aromatic carbocycles. The first-order chi connectivity index (χ1) is 8.70. The number of nitrogens with two attached hydrogens (primary N) is 1. The highest BCUT2D eigenvalue weighted by Gasteiger charge is 2.13. The Bertz CT molecular complexity index is 552. The molecule has 18 heavy (non-hydrogen) atoms. The van der Waals surface area contributed by atoms with Gasteiger partial charge in [0.25, 0.3) is 0 Å². The molecular weight excluding hydrogens is 230 g/mol. The Balaban J connectivity index is 2.19. The fourth-order valence-electron chi connectivity index (χ4n) is 1.53. The van der Waals surface area contributed by atoms with Gasteiger partial charge in [-0.3, -0.25) is 0 Å². The van der Waals surface area contributed by atoms with Crippen LogP contribution in [0.3, 0.4) is 0 Å². The first-order valence-corrected chi connectivity index (χ1v) is 5.50. The lowest BCUT2D eigenvalue weighted by molar-refractivity contribution is 0.0731. The standard InChI is InChI=1S/C14H13NO3/c15-9-10-6-7-12(13(16)8-10)14(17)18-11-4-2-1-3-5-11/h1-8,16H,9,15H2. The topological polar surface area (TPSA) is 72.6 Å². The highest BCUT2D eigenvalue weighted by atomic mass is 16.5. The zero-order valence-corrected chi connectivity index (χ0v) is 9.67. The van der Waals surface area contributed by atoms with Gasteiger partial charge in [-0.25, -0.2) is 4.79 Å². The van der Waals surface area contributed by atoms with Gasteiger partial charge in [-0.15, -0.1) is 0 Å². The van der Waals surface area contributed by atoms with Crippen LogP contribution in [0.25, 0.3) is 0 Å². The van der Waals surface area contributed by atoms with Crippen molar-refractivity contribution in [3.05, 3.63) is 59.7 Å². The lowest BCUT2D eigenvalue weighted by atomic mass is 10.1. The van der Waals surface area contributed by atoms with Gasteiger partial charge in [-0.05, 0) is 29.8 Å². The number of aromatic hydroxyl groups is 1. The molecular formula is C14H13NO3. The summed E-state index contributed by atoms with van der Waals surface area (Å²) in [6.07, 6.45) is 0. The average molecular weight is 243 g/mol. The maximum atomic E-state index is 11.8. The van der Waals surface area contributed by atoms with Gasteiger partial charge < -0.3 is 15.6 Å². The summed E-state index contributed by atoms with van der Waals surface area (Å²) in [5, 5.41) is 9.71. The van der Waals surface area contributed by atoms with Gasteiger partial charge in [0, 0.05) is 6.54 Å². The molecule has 0 bridgehead atoms. The summed E-state index contributed by atoms with van der Waals surface area (Å²) in [6, 6.07) is 13.3. The number of phenols is 1. The van der Waals surface area contributed by atoms with Crippen LogP contribution in [0.15, 0.2) is 48.5 Å². The summed E-state index contributed by atoms with van der Waals surface area (Å²) in [5.74, 6) is -0.286. The molecule has 0 fully saturated rings. The van der Waals surface area contributed by atoms with Crippen molar-refractivity contribution in [2.75, 3.05) is 0 Å². The molecule has 2 rings (SSSR count). The molecule has 0 saturated heterocycles. The minimum Gasteiger partial charge on any atom is -0.507 e. The smallest absolute Gasteiger partial charge is 0.347 e. The molecule has 0 aromatic heterocycles. The number of esters is 1. The Morgan fingerprint density at radius 1 is 1.17 bits per heavy atom. The maximum Gasteiger partial charge on any atom is 0.347 e. The van der Waals surface area contributed by atoms with Crippen molar-refractivity contribution in [3.8, 4) is 11.5 Å². The SMILES string of the molecule is NCc1ccc(C(=O)Oc2ccccc2)c(O)c1. The first-order valence-electron chi connectivity index (χ1n) is 5.50. The highest BCUT2D eigenvalue weighted by molar-refractivity contribution is 5.93. The highest BCUT2D eigenvalue weighted by Crippen LogP contribution is 2.21. The largest absolute Gasteiger partial charge is 0.507 e. The van der Waals surface area contributed by atoms with Crippen LogP contribution in [0.2, 0.25) is 0 Å². The fraction of sp³-hybridized carbons (Fsp3) is 0.0714. The molecule has 0 amide bonds. The van der Waals surface area contributed by atoms with E-state index in [1.165, 1.54) is 12.1 Å². The number of carbonyl (C=O) groups is 1. The number of ether oxygens (including phenoxy) is 1. The van der Waals surface area contributed by atoms with Crippen LogP contribution in [-0.2, 0) is 6.54 Å². The number of hydrogen-bond donors (Lipinski definition) is 2. The van der Waals surface area contributed by atoms with Gasteiger partial charge in [0.05, 0.1) is 0 Å². The summed E-state index contributed by atoms with van der Waals surface area (Å²) in [5.41, 5.74) is 6.32. The number of phenolic OH excluding ortho intramolecular Hbond substituents is 1. The van der Waals surface area contributed by atoms with E-state index in [9.17, 15) is 9.90 Å². The van der Waals surface area contributed by atoms with Crippen molar-refractivity contribution in [1.29, 1.82) is 0 Å². The van der Waals surface area contributed by atoms with Gasteiger partial charge in [0.1, 0.15) is 17.1 Å². The van der Waals surface area contributed by atoms with Crippen molar-refractivity contribution < 1.29 is 14.6 Å². The lowest BCUT2D eigenvalue weighted by Crippen LogP contribution is -2.09. The predicted molar refractivity (Wildman–Crippen MR) is 67.4 cm³/mol. The predicted octanol–water partition coefficient (Wildman–Crippen LogP) is 2.07. The van der Waals surface area contributed by atoms with Crippen LogP contribution in [-0.4, -0.2) is 11.1 Å². The third-order valence-corrected chi connectivity index (χ3v) is 2.47. The molecule has 0 saturated carbocycles. The van der Waals surface area contributed by atoms with Gasteiger partial charge in [0.2, 0.25) is 0 Å². The third-order valence-electron chi connectivity index (χ3n) is 2.47. The lowest BCUT2D eigenvalue weighted by Gasteiger charge is -2.06. The molecule has 4 nitrogen and oxygen atoms in total. The Labute approximate surface area is 105 Å². The van der Waals surface area contributed by atoms with E-state index < -0.39 is 5.97 Å². The van der Waals surface area contributed by atoms with E-state index in [-0.39, 0.29) is 11.3 Å². The summed E-state index contributed by atoms with van der Waals surface area (Å²) in [6.45, 7) is 0.307. The minimum absolute atomic E-state index is 0.121. The van der Waals surface area contributed by atoms with Crippen LogP contribution in [0.4, 0.5) is 0 Å². The Kier molecular flexibility index (Phi) is 3.60. The first kappa shape index (κ1) is 12.1. The summed E-state index contributed by atoms with van der Waals surface area (Å²) in [4.78, 5) is 11.8.